The molecule has 3 nitrogen and oxygen atoms in total. The van der Waals surface area contributed by atoms with Crippen LogP contribution in [0, 0.1) is 5.82 Å². The zero-order chi connectivity index (χ0) is 17.8. The molecule has 0 aliphatic carbocycles. The highest BCUT2D eigenvalue weighted by Crippen LogP contribution is 2.22. The summed E-state index contributed by atoms with van der Waals surface area (Å²) < 4.78 is 17.0. The number of hydrogen-bond acceptors (Lipinski definition) is 3. The maximum atomic E-state index is 12.9. The van der Waals surface area contributed by atoms with Gasteiger partial charge in [-0.25, -0.2) is 4.39 Å². The maximum Gasteiger partial charge on any atom is 0.249 e. The Morgan fingerprint density at radius 2 is 2.04 bits per heavy atom. The molecule has 0 radical (unpaired) electrons. The number of aryl methyl sites for hydroxylation is 1. The monoisotopic (exact) mass is 438 g/mol. The van der Waals surface area contributed by atoms with Crippen LogP contribution in [0.15, 0.2) is 56.8 Å². The molecule has 3 rings (SSSR count). The van der Waals surface area contributed by atoms with Crippen LogP contribution < -0.4 is 4.80 Å². The molecule has 1 heterocycles. The van der Waals surface area contributed by atoms with Gasteiger partial charge in [-0.15, -0.1) is 11.8 Å². The van der Waals surface area contributed by atoms with Crippen molar-refractivity contribution >= 4 is 55.2 Å². The van der Waals surface area contributed by atoms with Gasteiger partial charge in [-0.2, -0.15) is 4.99 Å². The Morgan fingerprint density at radius 3 is 2.76 bits per heavy atom. The molecule has 0 N–H and O–H groups in total. The van der Waals surface area contributed by atoms with Crippen molar-refractivity contribution in [2.24, 2.45) is 4.99 Å². The fraction of sp³-hybridized carbons (Fsp3) is 0.222. The Labute approximate surface area is 161 Å². The normalized spacial score (nSPS) is 12.0. The van der Waals surface area contributed by atoms with E-state index in [-0.39, 0.29) is 11.7 Å². The molecule has 0 aliphatic heterocycles. The van der Waals surface area contributed by atoms with Gasteiger partial charge in [0.2, 0.25) is 5.91 Å². The highest BCUT2D eigenvalue weighted by molar-refractivity contribution is 9.10. The number of thioether (sulfide) groups is 1. The van der Waals surface area contributed by atoms with Crippen LogP contribution in [0.3, 0.4) is 0 Å². The minimum atomic E-state index is -0.254. The third-order valence-corrected chi connectivity index (χ3v) is 6.13. The molecule has 1 amide bonds. The van der Waals surface area contributed by atoms with Crippen molar-refractivity contribution in [3.8, 4) is 0 Å². The second kappa shape index (κ2) is 8.29. The Bertz CT molecular complexity index is 963. The number of benzene rings is 2. The predicted octanol–water partition coefficient (Wildman–Crippen LogP) is 5.23. The quantitative estimate of drug-likeness (QED) is 0.510. The molecule has 0 atom stereocenters. The summed E-state index contributed by atoms with van der Waals surface area (Å²) in [6, 6.07) is 12.4. The first kappa shape index (κ1) is 18.4. The summed E-state index contributed by atoms with van der Waals surface area (Å²) in [7, 11) is 0. The lowest BCUT2D eigenvalue weighted by atomic mass is 10.3. The first-order chi connectivity index (χ1) is 12.1. The molecule has 0 saturated heterocycles. The van der Waals surface area contributed by atoms with E-state index in [0.29, 0.717) is 12.2 Å². The minimum absolute atomic E-state index is 0.137. The SMILES string of the molecule is CCn1c(=NC(=O)CCSc2ccc(F)cc2)sc2cc(Br)ccc21. The summed E-state index contributed by atoms with van der Waals surface area (Å²) >= 11 is 6.52. The summed E-state index contributed by atoms with van der Waals surface area (Å²) in [5.74, 6) is 0.231. The summed E-state index contributed by atoms with van der Waals surface area (Å²) in [6.07, 6.45) is 0.351. The standard InChI is InChI=1S/C18H16BrFN2OS2/c1-2-22-15-8-3-12(19)11-16(15)25-18(22)21-17(23)9-10-24-14-6-4-13(20)5-7-14/h3-8,11H,2,9-10H2,1H3. The first-order valence-corrected chi connectivity index (χ1v) is 10.4. The molecule has 0 saturated carbocycles. The van der Waals surface area contributed by atoms with E-state index in [1.54, 1.807) is 12.1 Å². The van der Waals surface area contributed by atoms with Gasteiger partial charge in [0.15, 0.2) is 4.80 Å². The number of nitrogens with zero attached hydrogens (tertiary/aromatic N) is 2. The van der Waals surface area contributed by atoms with E-state index in [1.807, 2.05) is 25.1 Å². The third kappa shape index (κ3) is 4.59. The highest BCUT2D eigenvalue weighted by Gasteiger charge is 2.07. The van der Waals surface area contributed by atoms with Gasteiger partial charge in [-0.05, 0) is 49.4 Å². The molecule has 2 aromatic carbocycles. The number of amides is 1. The van der Waals surface area contributed by atoms with E-state index >= 15 is 0 Å². The Kier molecular flexibility index (Phi) is 6.09. The summed E-state index contributed by atoms with van der Waals surface area (Å²) in [6.45, 7) is 2.81. The molecule has 0 unspecified atom stereocenters. The van der Waals surface area contributed by atoms with Crippen molar-refractivity contribution in [2.45, 2.75) is 24.8 Å². The van der Waals surface area contributed by atoms with Crippen LogP contribution >= 0.6 is 39.0 Å². The topological polar surface area (TPSA) is 34.4 Å². The van der Waals surface area contributed by atoms with Gasteiger partial charge in [-0.1, -0.05) is 27.3 Å². The number of halogens is 2. The van der Waals surface area contributed by atoms with Crippen LogP contribution in [0.25, 0.3) is 10.2 Å². The van der Waals surface area contributed by atoms with Gasteiger partial charge < -0.3 is 4.57 Å². The Hall–Kier alpha value is -1.44. The van der Waals surface area contributed by atoms with Gasteiger partial charge in [0.1, 0.15) is 5.82 Å². The summed E-state index contributed by atoms with van der Waals surface area (Å²) in [4.78, 5) is 18.2. The molecule has 0 aliphatic rings. The fourth-order valence-corrected chi connectivity index (χ4v) is 4.89. The smallest absolute Gasteiger partial charge is 0.249 e. The van der Waals surface area contributed by atoms with Gasteiger partial charge in [-0.3, -0.25) is 4.79 Å². The van der Waals surface area contributed by atoms with Crippen molar-refractivity contribution in [3.63, 3.8) is 0 Å². The lowest BCUT2D eigenvalue weighted by Gasteiger charge is -2.01. The molecule has 130 valence electrons. The number of carbonyl (C=O) groups is 1. The van der Waals surface area contributed by atoms with Gasteiger partial charge >= 0.3 is 0 Å². The van der Waals surface area contributed by atoms with Crippen LogP contribution in [0.5, 0.6) is 0 Å². The zero-order valence-corrected chi connectivity index (χ0v) is 16.8. The summed E-state index contributed by atoms with van der Waals surface area (Å²) in [5.41, 5.74) is 1.09. The van der Waals surface area contributed by atoms with Crippen LogP contribution in [-0.2, 0) is 11.3 Å². The van der Waals surface area contributed by atoms with Crippen LogP contribution in [0.4, 0.5) is 4.39 Å². The number of hydrogen-bond donors (Lipinski definition) is 0. The number of rotatable bonds is 5. The second-order valence-corrected chi connectivity index (χ2v) is 8.39. The number of fused-ring (bicyclic) bond motifs is 1. The van der Waals surface area contributed by atoms with Crippen molar-refractivity contribution in [2.75, 3.05) is 5.75 Å². The van der Waals surface area contributed by atoms with Crippen molar-refractivity contribution in [3.05, 3.63) is 57.6 Å². The first-order valence-electron chi connectivity index (χ1n) is 7.81. The number of carbonyl (C=O) groups excluding carboxylic acids is 1. The third-order valence-electron chi connectivity index (χ3n) is 3.58. The van der Waals surface area contributed by atoms with Crippen LogP contribution in [-0.4, -0.2) is 16.2 Å². The van der Waals surface area contributed by atoms with Crippen molar-refractivity contribution in [1.29, 1.82) is 0 Å². The lowest BCUT2D eigenvalue weighted by Crippen LogP contribution is -2.15. The van der Waals surface area contributed by atoms with Gasteiger partial charge in [0.05, 0.1) is 10.2 Å². The zero-order valence-electron chi connectivity index (χ0n) is 13.5. The molecule has 3 aromatic rings. The lowest BCUT2D eigenvalue weighted by molar-refractivity contribution is -0.117. The predicted molar refractivity (Wildman–Crippen MR) is 106 cm³/mol. The average molecular weight is 439 g/mol. The molecule has 25 heavy (non-hydrogen) atoms. The van der Waals surface area contributed by atoms with Crippen molar-refractivity contribution in [1.82, 2.24) is 4.57 Å². The average Bonchev–Trinajstić information content (AvgIpc) is 2.92. The van der Waals surface area contributed by atoms with E-state index in [4.69, 9.17) is 0 Å². The highest BCUT2D eigenvalue weighted by atomic mass is 79.9. The fourth-order valence-electron chi connectivity index (χ4n) is 2.39. The molecule has 7 heteroatoms. The molecule has 1 aromatic heterocycles. The van der Waals surface area contributed by atoms with Crippen LogP contribution in [0.1, 0.15) is 13.3 Å². The van der Waals surface area contributed by atoms with Gasteiger partial charge in [0, 0.05) is 28.1 Å². The Balaban J connectivity index is 1.72. The van der Waals surface area contributed by atoms with E-state index < -0.39 is 0 Å². The molecular weight excluding hydrogens is 423 g/mol. The molecule has 0 spiro atoms. The van der Waals surface area contributed by atoms with Gasteiger partial charge in [0.25, 0.3) is 0 Å². The molecular formula is C18H16BrFN2OS2. The largest absolute Gasteiger partial charge is 0.317 e. The van der Waals surface area contributed by atoms with Crippen molar-refractivity contribution < 1.29 is 9.18 Å². The number of aromatic nitrogens is 1. The summed E-state index contributed by atoms with van der Waals surface area (Å²) in [5, 5.41) is 0. The van der Waals surface area contributed by atoms with E-state index in [0.717, 1.165) is 30.9 Å². The van der Waals surface area contributed by atoms with E-state index in [1.165, 1.54) is 35.2 Å². The molecule has 0 bridgehead atoms. The second-order valence-electron chi connectivity index (χ2n) is 5.30. The van der Waals surface area contributed by atoms with Crippen LogP contribution in [0.2, 0.25) is 0 Å². The van der Waals surface area contributed by atoms with E-state index in [9.17, 15) is 9.18 Å². The maximum absolute atomic E-state index is 12.9. The minimum Gasteiger partial charge on any atom is -0.317 e. The number of thiazole rings is 1. The van der Waals surface area contributed by atoms with E-state index in [2.05, 4.69) is 25.5 Å². The Morgan fingerprint density at radius 1 is 1.28 bits per heavy atom. The molecule has 0 fully saturated rings.